The molecular formula is C20H28F3NO7S2. The van der Waals surface area contributed by atoms with Crippen LogP contribution < -0.4 is 14.8 Å². The molecule has 1 aromatic carbocycles. The Hall–Kier alpha value is -2.28. The van der Waals surface area contributed by atoms with Crippen molar-refractivity contribution in [3.63, 3.8) is 0 Å². The second-order valence-electron chi connectivity index (χ2n) is 6.34. The number of aryl methyl sites for hydroxylation is 1. The van der Waals surface area contributed by atoms with Crippen molar-refractivity contribution in [3.05, 3.63) is 23.8 Å². The van der Waals surface area contributed by atoms with Crippen molar-refractivity contribution in [2.75, 3.05) is 32.3 Å². The third-order valence-electron chi connectivity index (χ3n) is 3.80. The van der Waals surface area contributed by atoms with Gasteiger partial charge in [-0.05, 0) is 37.0 Å². The fraction of sp³-hybridized carbons (Fsp3) is 0.550. The number of halogens is 3. The predicted molar refractivity (Wildman–Crippen MR) is 121 cm³/mol. The number of carboxylic acid groups (broad SMARTS) is 2. The van der Waals surface area contributed by atoms with E-state index in [0.717, 1.165) is 42.1 Å². The standard InChI is InChI=1S/C18H27NO5S2.C2HF3O2/c1-23-15-8-7-14(13-16(15)24-2)5-3-4-6-17(20)19-10-12-26-25-11-9-18(21)22;3-2(4,5)1(6)7/h7-8,13H,3-6,9-12H2,1-2H3,(H,19,20)(H,21,22);(H,6,7). The first-order valence-electron chi connectivity index (χ1n) is 9.75. The van der Waals surface area contributed by atoms with Gasteiger partial charge in [-0.15, -0.1) is 0 Å². The summed E-state index contributed by atoms with van der Waals surface area (Å²) in [5, 5.41) is 18.5. The number of carboxylic acids is 2. The van der Waals surface area contributed by atoms with Gasteiger partial charge in [0.1, 0.15) is 0 Å². The molecule has 8 nitrogen and oxygen atoms in total. The van der Waals surface area contributed by atoms with E-state index < -0.39 is 18.1 Å². The number of carbonyl (C=O) groups excluding carboxylic acids is 1. The number of methoxy groups -OCH3 is 2. The van der Waals surface area contributed by atoms with E-state index in [1.54, 1.807) is 25.0 Å². The zero-order chi connectivity index (χ0) is 25.3. The molecule has 1 amide bonds. The summed E-state index contributed by atoms with van der Waals surface area (Å²) in [5.74, 6) is -0.664. The molecule has 33 heavy (non-hydrogen) atoms. The normalized spacial score (nSPS) is 10.6. The van der Waals surface area contributed by atoms with E-state index in [1.165, 1.54) is 10.8 Å². The van der Waals surface area contributed by atoms with Crippen LogP contribution in [0, 0.1) is 0 Å². The van der Waals surface area contributed by atoms with E-state index in [2.05, 4.69) is 5.32 Å². The molecule has 0 aliphatic heterocycles. The average Bonchev–Trinajstić information content (AvgIpc) is 2.75. The van der Waals surface area contributed by atoms with Crippen LogP contribution >= 0.6 is 21.6 Å². The number of amides is 1. The lowest BCUT2D eigenvalue weighted by molar-refractivity contribution is -0.192. The first kappa shape index (κ1) is 30.7. The predicted octanol–water partition coefficient (Wildman–Crippen LogP) is 4.02. The van der Waals surface area contributed by atoms with Crippen molar-refractivity contribution < 1.29 is 47.2 Å². The number of hydrogen-bond acceptors (Lipinski definition) is 7. The second-order valence-corrected chi connectivity index (χ2v) is 9.04. The van der Waals surface area contributed by atoms with Gasteiger partial charge in [0.2, 0.25) is 5.91 Å². The van der Waals surface area contributed by atoms with Gasteiger partial charge in [-0.1, -0.05) is 27.7 Å². The van der Waals surface area contributed by atoms with Gasteiger partial charge in [0.25, 0.3) is 0 Å². The lowest BCUT2D eigenvalue weighted by Gasteiger charge is -2.09. The largest absolute Gasteiger partial charge is 0.493 e. The van der Waals surface area contributed by atoms with Crippen molar-refractivity contribution in [2.45, 2.75) is 38.3 Å². The Labute approximate surface area is 198 Å². The highest BCUT2D eigenvalue weighted by Gasteiger charge is 2.38. The lowest BCUT2D eigenvalue weighted by Crippen LogP contribution is -2.25. The van der Waals surface area contributed by atoms with E-state index in [9.17, 15) is 22.8 Å². The molecule has 188 valence electrons. The van der Waals surface area contributed by atoms with Gasteiger partial charge < -0.3 is 25.0 Å². The zero-order valence-electron chi connectivity index (χ0n) is 18.3. The quantitative estimate of drug-likeness (QED) is 0.249. The second kappa shape index (κ2) is 17.2. The molecule has 0 atom stereocenters. The Morgan fingerprint density at radius 1 is 0.970 bits per heavy atom. The number of aliphatic carboxylic acids is 2. The number of rotatable bonds is 14. The summed E-state index contributed by atoms with van der Waals surface area (Å²) in [6.07, 6.45) is -1.73. The highest BCUT2D eigenvalue weighted by molar-refractivity contribution is 8.76. The van der Waals surface area contributed by atoms with Gasteiger partial charge >= 0.3 is 18.1 Å². The van der Waals surface area contributed by atoms with Crippen LogP contribution in [0.4, 0.5) is 13.2 Å². The molecule has 0 aliphatic rings. The number of hydrogen-bond donors (Lipinski definition) is 3. The number of alkyl halides is 3. The van der Waals surface area contributed by atoms with Crippen LogP contribution in [0.2, 0.25) is 0 Å². The molecule has 0 radical (unpaired) electrons. The molecule has 13 heteroatoms. The molecule has 0 saturated heterocycles. The SMILES string of the molecule is COc1ccc(CCCCC(=O)NCCSSCCC(=O)O)cc1OC.O=C(O)C(F)(F)F. The molecular weight excluding hydrogens is 487 g/mol. The van der Waals surface area contributed by atoms with E-state index in [-0.39, 0.29) is 12.3 Å². The molecule has 0 spiro atoms. The van der Waals surface area contributed by atoms with Gasteiger partial charge in [-0.3, -0.25) is 9.59 Å². The number of unbranched alkanes of at least 4 members (excludes halogenated alkanes) is 1. The zero-order valence-corrected chi connectivity index (χ0v) is 19.9. The van der Waals surface area contributed by atoms with E-state index in [4.69, 9.17) is 24.5 Å². The maximum Gasteiger partial charge on any atom is 0.490 e. The Morgan fingerprint density at radius 2 is 1.58 bits per heavy atom. The number of nitrogens with one attached hydrogen (secondary N) is 1. The average molecular weight is 516 g/mol. The topological polar surface area (TPSA) is 122 Å². The molecule has 0 aliphatic carbocycles. The van der Waals surface area contributed by atoms with Crippen LogP contribution in [-0.4, -0.2) is 66.5 Å². The van der Waals surface area contributed by atoms with Crippen molar-refractivity contribution in [1.82, 2.24) is 5.32 Å². The maximum atomic E-state index is 11.8. The van der Waals surface area contributed by atoms with E-state index >= 15 is 0 Å². The number of benzene rings is 1. The molecule has 0 fully saturated rings. The molecule has 0 heterocycles. The van der Waals surface area contributed by atoms with Crippen LogP contribution in [0.5, 0.6) is 11.5 Å². The summed E-state index contributed by atoms with van der Waals surface area (Å²) in [5.41, 5.74) is 1.16. The smallest absolute Gasteiger partial charge is 0.490 e. The number of carbonyl (C=O) groups is 3. The van der Waals surface area contributed by atoms with Crippen molar-refractivity contribution in [1.29, 1.82) is 0 Å². The summed E-state index contributed by atoms with van der Waals surface area (Å²) in [6.45, 7) is 0.610. The lowest BCUT2D eigenvalue weighted by atomic mass is 10.1. The summed E-state index contributed by atoms with van der Waals surface area (Å²) < 4.78 is 42.2. The monoisotopic (exact) mass is 515 g/mol. The summed E-state index contributed by atoms with van der Waals surface area (Å²) in [7, 11) is 6.34. The van der Waals surface area contributed by atoms with Crippen LogP contribution in [0.15, 0.2) is 18.2 Å². The Balaban J connectivity index is 0.00000126. The van der Waals surface area contributed by atoms with Gasteiger partial charge in [0.15, 0.2) is 11.5 Å². The Kier molecular flexibility index (Phi) is 16.0. The molecule has 0 bridgehead atoms. The van der Waals surface area contributed by atoms with Crippen LogP contribution in [-0.2, 0) is 20.8 Å². The summed E-state index contributed by atoms with van der Waals surface area (Å²) >= 11 is 0. The summed E-state index contributed by atoms with van der Waals surface area (Å²) in [4.78, 5) is 31.0. The fourth-order valence-electron chi connectivity index (χ4n) is 2.22. The molecule has 3 N–H and O–H groups in total. The van der Waals surface area contributed by atoms with Crippen molar-refractivity contribution in [2.24, 2.45) is 0 Å². The van der Waals surface area contributed by atoms with Crippen LogP contribution in [0.3, 0.4) is 0 Å². The van der Waals surface area contributed by atoms with Gasteiger partial charge in [-0.2, -0.15) is 13.2 Å². The molecule has 1 rings (SSSR count). The molecule has 1 aromatic rings. The minimum Gasteiger partial charge on any atom is -0.493 e. The Bertz CT molecular complexity index is 749. The van der Waals surface area contributed by atoms with Gasteiger partial charge in [0, 0.05) is 24.5 Å². The highest BCUT2D eigenvalue weighted by Crippen LogP contribution is 2.28. The Morgan fingerprint density at radius 3 is 2.12 bits per heavy atom. The third kappa shape index (κ3) is 16.1. The first-order chi connectivity index (χ1) is 15.5. The van der Waals surface area contributed by atoms with E-state index in [0.29, 0.717) is 18.7 Å². The van der Waals surface area contributed by atoms with E-state index in [1.807, 2.05) is 18.2 Å². The van der Waals surface area contributed by atoms with Crippen molar-refractivity contribution >= 4 is 39.4 Å². The molecule has 0 aromatic heterocycles. The molecule has 0 saturated carbocycles. The van der Waals surface area contributed by atoms with Crippen LogP contribution in [0.25, 0.3) is 0 Å². The highest BCUT2D eigenvalue weighted by atomic mass is 33.1. The summed E-state index contributed by atoms with van der Waals surface area (Å²) in [6, 6.07) is 5.88. The van der Waals surface area contributed by atoms with Crippen molar-refractivity contribution in [3.8, 4) is 11.5 Å². The third-order valence-corrected chi connectivity index (χ3v) is 6.21. The minimum atomic E-state index is -5.08. The number of ether oxygens (including phenoxy) is 2. The van der Waals surface area contributed by atoms with Gasteiger partial charge in [-0.25, -0.2) is 4.79 Å². The van der Waals surface area contributed by atoms with Crippen LogP contribution in [0.1, 0.15) is 31.2 Å². The fourth-order valence-corrected chi connectivity index (χ4v) is 4.10. The molecule has 0 unspecified atom stereocenters. The van der Waals surface area contributed by atoms with Gasteiger partial charge in [0.05, 0.1) is 20.6 Å². The minimum absolute atomic E-state index is 0.0634. The maximum absolute atomic E-state index is 11.8. The first-order valence-corrected chi connectivity index (χ1v) is 12.2.